The van der Waals surface area contributed by atoms with Crippen LogP contribution >= 0.6 is 8.60 Å². The van der Waals surface area contributed by atoms with E-state index in [1.54, 1.807) is 6.92 Å². The van der Waals surface area contributed by atoms with Crippen LogP contribution in [0.15, 0.2) is 0 Å². The van der Waals surface area contributed by atoms with Crippen molar-refractivity contribution in [1.82, 2.24) is 10.6 Å². The van der Waals surface area contributed by atoms with E-state index in [1.807, 2.05) is 0 Å². The van der Waals surface area contributed by atoms with Crippen LogP contribution in [0.2, 0.25) is 0 Å². The van der Waals surface area contributed by atoms with Gasteiger partial charge in [0, 0.05) is 13.1 Å². The Morgan fingerprint density at radius 1 is 1.23 bits per heavy atom. The summed E-state index contributed by atoms with van der Waals surface area (Å²) in [6, 6.07) is 0. The van der Waals surface area contributed by atoms with E-state index in [0.717, 1.165) is 19.5 Å². The molecule has 1 heterocycles. The molecule has 1 saturated heterocycles. The summed E-state index contributed by atoms with van der Waals surface area (Å²) in [5.41, 5.74) is 0. The summed E-state index contributed by atoms with van der Waals surface area (Å²) in [5, 5.41) is 5.82. The van der Waals surface area contributed by atoms with E-state index >= 15 is 0 Å². The van der Waals surface area contributed by atoms with Crippen molar-refractivity contribution in [3.05, 3.63) is 0 Å². The maximum absolute atomic E-state index is 10.2. The molecule has 0 aromatic rings. The Hall–Kier alpha value is 2.23. The Balaban J connectivity index is 0. The fraction of sp³-hybridized carbons (Fsp3) is 1.00. The third kappa shape index (κ3) is 7.17. The van der Waals surface area contributed by atoms with Crippen molar-refractivity contribution in [2.75, 3.05) is 13.1 Å². The normalized spacial score (nSPS) is 20.3. The van der Waals surface area contributed by atoms with Crippen molar-refractivity contribution >= 4 is 8.60 Å². The molecule has 66 valence electrons. The molecule has 0 aliphatic carbocycles. The minimum Gasteiger partial charge on any atom is -0.820 e. The van der Waals surface area contributed by atoms with E-state index in [4.69, 9.17) is 0 Å². The first kappa shape index (κ1) is 17.6. The Labute approximate surface area is 124 Å². The summed E-state index contributed by atoms with van der Waals surface area (Å²) >= 11 is 0. The van der Waals surface area contributed by atoms with Gasteiger partial charge in [-0.25, -0.2) is 0 Å². The third-order valence-electron chi connectivity index (χ3n) is 1.54. The fourth-order valence-electron chi connectivity index (χ4n) is 1.02. The van der Waals surface area contributed by atoms with Gasteiger partial charge in [-0.3, -0.25) is 10.6 Å². The predicted molar refractivity (Wildman–Crippen MR) is 37.0 cm³/mol. The first-order valence-corrected chi connectivity index (χ1v) is 4.55. The standard InChI is InChI=1S/C5H11N2O3P.2Na/c1-5(10-11(8)9)6-3-2-4-7-5;;/h6-7H,2-4H2,1H3;;/q-2;2*+1. The van der Waals surface area contributed by atoms with Gasteiger partial charge in [-0.1, -0.05) is 0 Å². The minimum absolute atomic E-state index is 0. The monoisotopic (exact) mass is 224 g/mol. The molecule has 0 radical (unpaired) electrons. The predicted octanol–water partition coefficient (Wildman–Crippen LogP) is -7.78. The van der Waals surface area contributed by atoms with Crippen molar-refractivity contribution in [3.8, 4) is 0 Å². The maximum atomic E-state index is 10.2. The summed E-state index contributed by atoms with van der Waals surface area (Å²) in [4.78, 5) is 20.4. The molecule has 0 unspecified atom stereocenters. The zero-order valence-corrected chi connectivity index (χ0v) is 13.2. The first-order chi connectivity index (χ1) is 5.12. The largest absolute Gasteiger partial charge is 1.00 e. The number of hydrogen-bond donors (Lipinski definition) is 2. The van der Waals surface area contributed by atoms with Crippen LogP contribution < -0.4 is 79.5 Å². The second-order valence-electron chi connectivity index (χ2n) is 2.56. The van der Waals surface area contributed by atoms with E-state index in [9.17, 15) is 9.79 Å². The number of hydrogen-bond acceptors (Lipinski definition) is 5. The van der Waals surface area contributed by atoms with Gasteiger partial charge in [0.2, 0.25) is 0 Å². The van der Waals surface area contributed by atoms with Crippen LogP contribution in [0.25, 0.3) is 0 Å². The topological polar surface area (TPSA) is 79.4 Å². The van der Waals surface area contributed by atoms with Gasteiger partial charge in [0.1, 0.15) is 0 Å². The van der Waals surface area contributed by atoms with Crippen LogP contribution in [-0.4, -0.2) is 18.9 Å². The van der Waals surface area contributed by atoms with Gasteiger partial charge >= 0.3 is 59.1 Å². The van der Waals surface area contributed by atoms with Crippen LogP contribution in [0.3, 0.4) is 0 Å². The molecule has 2 N–H and O–H groups in total. The summed E-state index contributed by atoms with van der Waals surface area (Å²) in [6.45, 7) is 3.19. The van der Waals surface area contributed by atoms with Crippen LogP contribution in [0.5, 0.6) is 0 Å². The van der Waals surface area contributed by atoms with Gasteiger partial charge < -0.3 is 14.3 Å². The van der Waals surface area contributed by atoms with Crippen molar-refractivity contribution in [1.29, 1.82) is 0 Å². The first-order valence-electron chi connectivity index (χ1n) is 3.46. The Kier molecular flexibility index (Phi) is 11.4. The zero-order valence-electron chi connectivity index (χ0n) is 8.29. The van der Waals surface area contributed by atoms with E-state index in [-0.39, 0.29) is 59.1 Å². The average Bonchev–Trinajstić information content (AvgIpc) is 1.85. The van der Waals surface area contributed by atoms with Crippen LogP contribution in [0, 0.1) is 0 Å². The third-order valence-corrected chi connectivity index (χ3v) is 2.05. The van der Waals surface area contributed by atoms with E-state index in [0.29, 0.717) is 0 Å². The summed E-state index contributed by atoms with van der Waals surface area (Å²) in [6.07, 6.45) is 0.981. The van der Waals surface area contributed by atoms with Crippen molar-refractivity contribution in [2.24, 2.45) is 0 Å². The van der Waals surface area contributed by atoms with Crippen molar-refractivity contribution in [3.63, 3.8) is 0 Å². The Bertz CT molecular complexity index is 135. The van der Waals surface area contributed by atoms with Gasteiger partial charge in [0.25, 0.3) is 0 Å². The quantitative estimate of drug-likeness (QED) is 0.360. The second-order valence-corrected chi connectivity index (χ2v) is 3.19. The number of nitrogens with one attached hydrogen (secondary N) is 2. The Morgan fingerprint density at radius 2 is 1.69 bits per heavy atom. The van der Waals surface area contributed by atoms with Crippen LogP contribution in [0.4, 0.5) is 0 Å². The summed E-state index contributed by atoms with van der Waals surface area (Å²) < 4.78 is 4.61. The molecule has 1 aliphatic heterocycles. The van der Waals surface area contributed by atoms with Crippen molar-refractivity contribution < 1.29 is 73.4 Å². The number of rotatable bonds is 2. The molecule has 1 fully saturated rings. The van der Waals surface area contributed by atoms with E-state index in [1.165, 1.54) is 0 Å². The zero-order chi connectivity index (χ0) is 8.32. The molecule has 0 saturated carbocycles. The maximum Gasteiger partial charge on any atom is 1.00 e. The van der Waals surface area contributed by atoms with Gasteiger partial charge in [-0.2, -0.15) is 8.60 Å². The van der Waals surface area contributed by atoms with E-state index in [2.05, 4.69) is 15.2 Å². The summed E-state index contributed by atoms with van der Waals surface area (Å²) in [7, 11) is -2.80. The molecule has 5 nitrogen and oxygen atoms in total. The van der Waals surface area contributed by atoms with Crippen LogP contribution in [-0.2, 0) is 4.52 Å². The molecule has 8 heteroatoms. The Morgan fingerprint density at radius 3 is 2.08 bits per heavy atom. The molecule has 0 bridgehead atoms. The van der Waals surface area contributed by atoms with Gasteiger partial charge in [0.15, 0.2) is 5.85 Å². The SMILES string of the molecule is CC1(OP([O-])[O-])NCCCN1.[Na+].[Na+]. The molecule has 0 amide bonds. The molecule has 0 spiro atoms. The molecule has 1 aliphatic rings. The smallest absolute Gasteiger partial charge is 0.820 e. The molecule has 0 aromatic heterocycles. The molecular weight excluding hydrogens is 213 g/mol. The molecule has 1 rings (SSSR count). The molecule has 0 aromatic carbocycles. The molecule has 0 atom stereocenters. The van der Waals surface area contributed by atoms with Gasteiger partial charge in [-0.15, -0.1) is 0 Å². The minimum atomic E-state index is -2.80. The summed E-state index contributed by atoms with van der Waals surface area (Å²) in [5.74, 6) is -0.895. The second kappa shape index (κ2) is 8.39. The fourth-order valence-corrected chi connectivity index (χ4v) is 1.45. The average molecular weight is 224 g/mol. The van der Waals surface area contributed by atoms with Gasteiger partial charge in [0.05, 0.1) is 0 Å². The molecule has 13 heavy (non-hydrogen) atoms. The van der Waals surface area contributed by atoms with Crippen LogP contribution in [0.1, 0.15) is 13.3 Å². The van der Waals surface area contributed by atoms with Crippen molar-refractivity contribution in [2.45, 2.75) is 19.2 Å². The molecular formula is C5H11N2Na2O3P. The van der Waals surface area contributed by atoms with Gasteiger partial charge in [-0.05, 0) is 13.3 Å². The van der Waals surface area contributed by atoms with E-state index < -0.39 is 14.5 Å².